The Hall–Kier alpha value is -1.85. The molecule has 0 radical (unpaired) electrons. The van der Waals surface area contributed by atoms with Crippen LogP contribution < -0.4 is 10.0 Å². The highest BCUT2D eigenvalue weighted by Gasteiger charge is 2.31. The first-order valence-corrected chi connectivity index (χ1v) is 10.8. The lowest BCUT2D eigenvalue weighted by molar-refractivity contribution is -0.125. The summed E-state index contributed by atoms with van der Waals surface area (Å²) in [6, 6.07) is 3.61. The van der Waals surface area contributed by atoms with Crippen molar-refractivity contribution in [3.63, 3.8) is 0 Å². The van der Waals surface area contributed by atoms with E-state index < -0.39 is 40.7 Å². The standard InChI is InChI=1S/C19H28FN3O5S/c1-23(2)11-3-10-21-19(25)12-15-6-9-17(18(13-24)28-15)22-29(26,27)16-7-4-14(20)5-8-16/h4-9,15,17-18,22,24H,3,10-13H2,1-2H3,(H,21,25)/t15-,17+,18+/m0/s1. The molecule has 3 N–H and O–H groups in total. The van der Waals surface area contributed by atoms with E-state index in [1.54, 1.807) is 12.2 Å². The van der Waals surface area contributed by atoms with Crippen LogP contribution in [0.1, 0.15) is 12.8 Å². The molecular weight excluding hydrogens is 401 g/mol. The lowest BCUT2D eigenvalue weighted by Gasteiger charge is -2.31. The van der Waals surface area contributed by atoms with Gasteiger partial charge in [-0.15, -0.1) is 0 Å². The van der Waals surface area contributed by atoms with Crippen molar-refractivity contribution in [3.8, 4) is 0 Å². The Kier molecular flexibility index (Phi) is 8.72. The summed E-state index contributed by atoms with van der Waals surface area (Å²) in [5, 5.41) is 12.4. The fourth-order valence-corrected chi connectivity index (χ4v) is 4.07. The van der Waals surface area contributed by atoms with Crippen molar-refractivity contribution in [1.82, 2.24) is 14.9 Å². The number of aliphatic hydroxyl groups is 1. The Morgan fingerprint density at radius 1 is 1.24 bits per heavy atom. The Morgan fingerprint density at radius 3 is 2.55 bits per heavy atom. The fourth-order valence-electron chi connectivity index (χ4n) is 2.85. The maximum Gasteiger partial charge on any atom is 0.241 e. The van der Waals surface area contributed by atoms with Gasteiger partial charge in [-0.1, -0.05) is 12.2 Å². The first kappa shape index (κ1) is 23.4. The van der Waals surface area contributed by atoms with Crippen LogP contribution in [0.25, 0.3) is 0 Å². The van der Waals surface area contributed by atoms with Gasteiger partial charge in [0.1, 0.15) is 11.9 Å². The minimum absolute atomic E-state index is 0.0758. The molecule has 0 bridgehead atoms. The summed E-state index contributed by atoms with van der Waals surface area (Å²) in [4.78, 5) is 14.0. The Labute approximate surface area is 170 Å². The lowest BCUT2D eigenvalue weighted by Crippen LogP contribution is -2.49. The van der Waals surface area contributed by atoms with Crippen molar-refractivity contribution in [1.29, 1.82) is 0 Å². The molecule has 0 aliphatic carbocycles. The first-order chi connectivity index (χ1) is 13.7. The first-order valence-electron chi connectivity index (χ1n) is 9.35. The zero-order chi connectivity index (χ0) is 21.4. The van der Waals surface area contributed by atoms with E-state index in [0.717, 1.165) is 37.2 Å². The summed E-state index contributed by atoms with van der Waals surface area (Å²) in [7, 11) is -0.0113. The molecule has 162 valence electrons. The quantitative estimate of drug-likeness (QED) is 0.363. The Morgan fingerprint density at radius 2 is 1.93 bits per heavy atom. The summed E-state index contributed by atoms with van der Waals surface area (Å²) in [6.07, 6.45) is 2.66. The van der Waals surface area contributed by atoms with Crippen molar-refractivity contribution in [2.24, 2.45) is 0 Å². The van der Waals surface area contributed by atoms with Crippen LogP contribution in [0.5, 0.6) is 0 Å². The van der Waals surface area contributed by atoms with Gasteiger partial charge in [-0.2, -0.15) is 0 Å². The van der Waals surface area contributed by atoms with Crippen molar-refractivity contribution in [2.45, 2.75) is 36.0 Å². The largest absolute Gasteiger partial charge is 0.394 e. The molecule has 1 aromatic carbocycles. The van der Waals surface area contributed by atoms with E-state index in [9.17, 15) is 22.7 Å². The second-order valence-electron chi connectivity index (χ2n) is 7.09. The van der Waals surface area contributed by atoms with Crippen LogP contribution in [-0.4, -0.2) is 76.4 Å². The molecule has 1 aliphatic rings. The van der Waals surface area contributed by atoms with Crippen molar-refractivity contribution in [2.75, 3.05) is 33.8 Å². The molecule has 3 atom stereocenters. The predicted molar refractivity (Wildman–Crippen MR) is 106 cm³/mol. The maximum atomic E-state index is 13.0. The molecule has 1 amide bonds. The average molecular weight is 430 g/mol. The smallest absolute Gasteiger partial charge is 0.241 e. The number of nitrogens with zero attached hydrogens (tertiary/aromatic N) is 1. The Bertz CT molecular complexity index is 799. The molecule has 0 saturated heterocycles. The van der Waals surface area contributed by atoms with Crippen LogP contribution in [-0.2, 0) is 19.6 Å². The minimum Gasteiger partial charge on any atom is -0.394 e. The van der Waals surface area contributed by atoms with E-state index in [-0.39, 0.29) is 17.2 Å². The van der Waals surface area contributed by atoms with Crippen molar-refractivity contribution < 1.29 is 27.4 Å². The summed E-state index contributed by atoms with van der Waals surface area (Å²) in [6.45, 7) is 0.988. The van der Waals surface area contributed by atoms with E-state index in [1.165, 1.54) is 0 Å². The average Bonchev–Trinajstić information content (AvgIpc) is 2.66. The van der Waals surface area contributed by atoms with Crippen LogP contribution in [0.15, 0.2) is 41.3 Å². The molecule has 1 aromatic rings. The number of amides is 1. The van der Waals surface area contributed by atoms with Gasteiger partial charge in [0, 0.05) is 6.54 Å². The second-order valence-corrected chi connectivity index (χ2v) is 8.81. The number of halogens is 1. The summed E-state index contributed by atoms with van der Waals surface area (Å²) < 4.78 is 46.0. The van der Waals surface area contributed by atoms with E-state index >= 15 is 0 Å². The highest BCUT2D eigenvalue weighted by atomic mass is 32.2. The van der Waals surface area contributed by atoms with Crippen LogP contribution in [0.2, 0.25) is 0 Å². The topological polar surface area (TPSA) is 108 Å². The molecule has 1 heterocycles. The fraction of sp³-hybridized carbons (Fsp3) is 0.526. The SMILES string of the molecule is CN(C)CCCNC(=O)C[C@@H]1C=C[C@@H](NS(=O)(=O)c2ccc(F)cc2)[C@@H](CO)O1. The van der Waals surface area contributed by atoms with Gasteiger partial charge in [-0.3, -0.25) is 4.79 Å². The highest BCUT2D eigenvalue weighted by Crippen LogP contribution is 2.18. The zero-order valence-corrected chi connectivity index (χ0v) is 17.4. The molecule has 8 nitrogen and oxygen atoms in total. The highest BCUT2D eigenvalue weighted by molar-refractivity contribution is 7.89. The monoisotopic (exact) mass is 429 g/mol. The van der Waals surface area contributed by atoms with Gasteiger partial charge >= 0.3 is 0 Å². The number of carbonyl (C=O) groups is 1. The number of aliphatic hydroxyl groups excluding tert-OH is 1. The molecule has 0 spiro atoms. The van der Waals surface area contributed by atoms with E-state index in [1.807, 2.05) is 19.0 Å². The van der Waals surface area contributed by atoms with Crippen molar-refractivity contribution >= 4 is 15.9 Å². The minimum atomic E-state index is -3.92. The van der Waals surface area contributed by atoms with Gasteiger partial charge in [0.2, 0.25) is 15.9 Å². The van der Waals surface area contributed by atoms with Crippen LogP contribution >= 0.6 is 0 Å². The third-order valence-electron chi connectivity index (χ3n) is 4.37. The predicted octanol–water partition coefficient (Wildman–Crippen LogP) is 0.247. The summed E-state index contributed by atoms with van der Waals surface area (Å²) >= 11 is 0. The van der Waals surface area contributed by atoms with Gasteiger partial charge in [-0.05, 0) is 51.3 Å². The number of nitrogens with one attached hydrogen (secondary N) is 2. The third-order valence-corrected chi connectivity index (χ3v) is 5.84. The molecule has 0 aromatic heterocycles. The maximum absolute atomic E-state index is 13.0. The number of hydrogen-bond donors (Lipinski definition) is 3. The molecule has 0 saturated carbocycles. The number of ether oxygens (including phenoxy) is 1. The molecule has 29 heavy (non-hydrogen) atoms. The number of hydrogen-bond acceptors (Lipinski definition) is 6. The third kappa shape index (κ3) is 7.48. The number of carbonyl (C=O) groups excluding carboxylic acids is 1. The second kappa shape index (κ2) is 10.8. The van der Waals surface area contributed by atoms with Gasteiger partial charge in [0.05, 0.1) is 30.1 Å². The van der Waals surface area contributed by atoms with Gasteiger partial charge < -0.3 is 20.1 Å². The van der Waals surface area contributed by atoms with Crippen molar-refractivity contribution in [3.05, 3.63) is 42.2 Å². The Balaban J connectivity index is 1.92. The zero-order valence-electron chi connectivity index (χ0n) is 16.5. The van der Waals surface area contributed by atoms with E-state index in [0.29, 0.717) is 6.54 Å². The molecule has 1 aliphatic heterocycles. The van der Waals surface area contributed by atoms with Crippen LogP contribution in [0.4, 0.5) is 4.39 Å². The van der Waals surface area contributed by atoms with E-state index in [2.05, 4.69) is 10.0 Å². The number of rotatable bonds is 10. The lowest BCUT2D eigenvalue weighted by atomic mass is 10.1. The van der Waals surface area contributed by atoms with Gasteiger partial charge in [-0.25, -0.2) is 17.5 Å². The van der Waals surface area contributed by atoms with Gasteiger partial charge in [0.25, 0.3) is 0 Å². The van der Waals surface area contributed by atoms with Gasteiger partial charge in [0.15, 0.2) is 0 Å². The molecular formula is C19H28FN3O5S. The summed E-state index contributed by atoms with van der Waals surface area (Å²) in [5.74, 6) is -0.721. The molecule has 10 heteroatoms. The normalized spacial score (nSPS) is 22.0. The molecule has 2 rings (SSSR count). The number of benzene rings is 1. The van der Waals surface area contributed by atoms with Crippen LogP contribution in [0.3, 0.4) is 0 Å². The summed E-state index contributed by atoms with van der Waals surface area (Å²) in [5.41, 5.74) is 0. The number of sulfonamides is 1. The van der Waals surface area contributed by atoms with Crippen LogP contribution in [0, 0.1) is 5.82 Å². The molecule has 0 fully saturated rings. The molecule has 0 unspecified atom stereocenters. The van der Waals surface area contributed by atoms with E-state index in [4.69, 9.17) is 4.74 Å².